The fraction of sp³-hybridized carbons (Fsp3) is 0.486. The van der Waals surface area contributed by atoms with Crippen LogP contribution in [-0.2, 0) is 36.8 Å². The fourth-order valence-electron chi connectivity index (χ4n) is 6.43. The molecule has 1 saturated heterocycles. The summed E-state index contributed by atoms with van der Waals surface area (Å²) in [5.74, 6) is -0.571. The molecule has 2 fully saturated rings. The predicted octanol–water partition coefficient (Wildman–Crippen LogP) is 4.38. The zero-order valence-electron chi connectivity index (χ0n) is 25.4. The van der Waals surface area contributed by atoms with Gasteiger partial charge >= 0.3 is 0 Å². The number of allylic oxidation sites excluding steroid dienone is 1. The van der Waals surface area contributed by atoms with Gasteiger partial charge in [0.25, 0.3) is 0 Å². The maximum Gasteiger partial charge on any atom is 0.248 e. The van der Waals surface area contributed by atoms with Crippen LogP contribution >= 0.6 is 0 Å². The summed E-state index contributed by atoms with van der Waals surface area (Å²) in [5, 5.41) is 5.81. The standard InChI is InChI=1S/C35H42N2O6/c1-22-29-11-7-6-10-25(29)19-30(22)34(41)36-20-27(38)18-26(16-24-12-14-28(42-3)15-13-24)33(40)37-31(17-23-8-4-5-9-23)32(39)35(2)21-43-35/h6-7,10-15,23,26,31H,4-5,8-9,16-21H2,1-3H3,(H,36,41)(H,37,40)/t26-,31+,35-/m1/s1. The molecule has 228 valence electrons. The molecule has 2 N–H and O–H groups in total. The summed E-state index contributed by atoms with van der Waals surface area (Å²) < 4.78 is 10.7. The number of benzene rings is 2. The number of fused-ring (bicyclic) bond motifs is 1. The Morgan fingerprint density at radius 1 is 1.05 bits per heavy atom. The minimum absolute atomic E-state index is 0.0610. The lowest BCUT2D eigenvalue weighted by Crippen LogP contribution is -2.49. The molecule has 5 rings (SSSR count). The molecule has 0 spiro atoms. The Hall–Kier alpha value is -3.78. The molecule has 2 amide bonds. The largest absolute Gasteiger partial charge is 0.497 e. The first-order chi connectivity index (χ1) is 20.7. The van der Waals surface area contributed by atoms with E-state index >= 15 is 0 Å². The van der Waals surface area contributed by atoms with Gasteiger partial charge in [0.1, 0.15) is 11.4 Å². The average Bonchev–Trinajstić information content (AvgIpc) is 3.39. The van der Waals surface area contributed by atoms with Crippen LogP contribution in [0.15, 0.2) is 54.1 Å². The van der Waals surface area contributed by atoms with Crippen LogP contribution in [0, 0.1) is 11.8 Å². The Bertz CT molecular complexity index is 1400. The van der Waals surface area contributed by atoms with E-state index in [9.17, 15) is 19.2 Å². The molecule has 0 unspecified atom stereocenters. The van der Waals surface area contributed by atoms with Crippen molar-refractivity contribution in [3.8, 4) is 5.75 Å². The Morgan fingerprint density at radius 3 is 2.40 bits per heavy atom. The minimum atomic E-state index is -0.852. The van der Waals surface area contributed by atoms with Gasteiger partial charge in [-0.15, -0.1) is 0 Å². The molecule has 0 radical (unpaired) electrons. The maximum atomic E-state index is 13.8. The molecule has 3 atom stereocenters. The number of ether oxygens (including phenoxy) is 2. The number of rotatable bonds is 14. The number of carbonyl (C=O) groups is 4. The van der Waals surface area contributed by atoms with Gasteiger partial charge in [-0.05, 0) is 67.0 Å². The van der Waals surface area contributed by atoms with Crippen molar-refractivity contribution in [1.82, 2.24) is 10.6 Å². The summed E-state index contributed by atoms with van der Waals surface area (Å²) in [5.41, 5.74) is 3.75. The molecule has 0 aromatic heterocycles. The molecule has 1 aliphatic heterocycles. The summed E-state index contributed by atoms with van der Waals surface area (Å²) in [6, 6.07) is 14.6. The van der Waals surface area contributed by atoms with E-state index in [4.69, 9.17) is 9.47 Å². The van der Waals surface area contributed by atoms with Crippen LogP contribution in [0.1, 0.15) is 69.1 Å². The van der Waals surface area contributed by atoms with Crippen LogP contribution in [0.5, 0.6) is 5.75 Å². The van der Waals surface area contributed by atoms with Crippen molar-refractivity contribution >= 4 is 29.0 Å². The molecule has 8 heteroatoms. The lowest BCUT2D eigenvalue weighted by atomic mass is 9.89. The quantitative estimate of drug-likeness (QED) is 0.318. The van der Waals surface area contributed by atoms with Gasteiger partial charge in [0.05, 0.1) is 26.3 Å². The lowest BCUT2D eigenvalue weighted by molar-refractivity contribution is -0.134. The third-order valence-electron chi connectivity index (χ3n) is 9.22. The molecule has 3 aliphatic rings. The number of epoxide rings is 1. The summed E-state index contributed by atoms with van der Waals surface area (Å²) in [4.78, 5) is 53.4. The van der Waals surface area contributed by atoms with Gasteiger partial charge in [0.2, 0.25) is 11.8 Å². The molecule has 8 nitrogen and oxygen atoms in total. The number of nitrogens with one attached hydrogen (secondary N) is 2. The van der Waals surface area contributed by atoms with Gasteiger partial charge in [0, 0.05) is 24.3 Å². The van der Waals surface area contributed by atoms with Crippen LogP contribution in [0.25, 0.3) is 5.57 Å². The third-order valence-corrected chi connectivity index (χ3v) is 9.22. The Kier molecular flexibility index (Phi) is 9.45. The summed E-state index contributed by atoms with van der Waals surface area (Å²) in [7, 11) is 1.59. The van der Waals surface area contributed by atoms with E-state index in [2.05, 4.69) is 10.6 Å². The topological polar surface area (TPSA) is 114 Å². The molecule has 1 heterocycles. The normalized spacial score (nSPS) is 20.7. The molecule has 2 aromatic carbocycles. The van der Waals surface area contributed by atoms with Gasteiger partial charge in [-0.25, -0.2) is 0 Å². The van der Waals surface area contributed by atoms with Crippen molar-refractivity contribution in [2.75, 3.05) is 20.3 Å². The third kappa shape index (κ3) is 7.42. The molecule has 1 saturated carbocycles. The molecule has 43 heavy (non-hydrogen) atoms. The molecular weight excluding hydrogens is 544 g/mol. The lowest BCUT2D eigenvalue weighted by Gasteiger charge is -2.25. The fourth-order valence-corrected chi connectivity index (χ4v) is 6.43. The number of ketones is 2. The smallest absolute Gasteiger partial charge is 0.248 e. The number of hydrogen-bond donors (Lipinski definition) is 2. The Morgan fingerprint density at radius 2 is 1.74 bits per heavy atom. The second kappa shape index (κ2) is 13.2. The van der Waals surface area contributed by atoms with E-state index in [1.54, 1.807) is 14.0 Å². The highest BCUT2D eigenvalue weighted by atomic mass is 16.6. The Balaban J connectivity index is 1.26. The number of amides is 2. The Labute approximate surface area is 253 Å². The number of hydrogen-bond acceptors (Lipinski definition) is 6. The summed E-state index contributed by atoms with van der Waals surface area (Å²) in [6.07, 6.45) is 5.73. The second-order valence-corrected chi connectivity index (χ2v) is 12.4. The van der Waals surface area contributed by atoms with E-state index in [0.29, 0.717) is 43.1 Å². The van der Waals surface area contributed by atoms with Crippen molar-refractivity contribution in [1.29, 1.82) is 0 Å². The monoisotopic (exact) mass is 586 g/mol. The average molecular weight is 587 g/mol. The van der Waals surface area contributed by atoms with Crippen LogP contribution < -0.4 is 15.4 Å². The number of Topliss-reactive ketones (excluding diaryl/α,β-unsaturated/α-hetero) is 2. The van der Waals surface area contributed by atoms with E-state index in [1.165, 1.54) is 0 Å². The molecular formula is C35H42N2O6. The van der Waals surface area contributed by atoms with E-state index in [1.807, 2.05) is 55.5 Å². The van der Waals surface area contributed by atoms with Crippen LogP contribution in [0.2, 0.25) is 0 Å². The number of carbonyl (C=O) groups excluding carboxylic acids is 4. The highest BCUT2D eigenvalue weighted by Gasteiger charge is 2.50. The molecule has 2 aromatic rings. The van der Waals surface area contributed by atoms with Crippen molar-refractivity contribution in [2.24, 2.45) is 11.8 Å². The summed E-state index contributed by atoms with van der Waals surface area (Å²) in [6.45, 7) is 3.88. The van der Waals surface area contributed by atoms with Crippen molar-refractivity contribution in [3.05, 3.63) is 70.8 Å². The highest BCUT2D eigenvalue weighted by molar-refractivity contribution is 6.05. The van der Waals surface area contributed by atoms with Crippen LogP contribution in [0.3, 0.4) is 0 Å². The summed E-state index contributed by atoms with van der Waals surface area (Å²) >= 11 is 0. The SMILES string of the molecule is COc1ccc(C[C@H](CC(=O)CNC(=O)C2=C(C)c3ccccc3C2)C(=O)N[C@@H](CC2CCCC2)C(=O)[C@@]2(C)CO2)cc1. The zero-order valence-corrected chi connectivity index (χ0v) is 25.4. The first-order valence-corrected chi connectivity index (χ1v) is 15.4. The number of methoxy groups -OCH3 is 1. The second-order valence-electron chi connectivity index (χ2n) is 12.4. The van der Waals surface area contributed by atoms with Crippen molar-refractivity contribution in [3.63, 3.8) is 0 Å². The van der Waals surface area contributed by atoms with Crippen molar-refractivity contribution in [2.45, 2.75) is 76.9 Å². The first-order valence-electron chi connectivity index (χ1n) is 15.4. The van der Waals surface area contributed by atoms with Gasteiger partial charge in [-0.3, -0.25) is 19.2 Å². The van der Waals surface area contributed by atoms with Crippen LogP contribution in [0.4, 0.5) is 0 Å². The van der Waals surface area contributed by atoms with Crippen molar-refractivity contribution < 1.29 is 28.7 Å². The highest BCUT2D eigenvalue weighted by Crippen LogP contribution is 2.34. The van der Waals surface area contributed by atoms with Gasteiger partial charge in [-0.1, -0.05) is 62.1 Å². The van der Waals surface area contributed by atoms with Gasteiger partial charge in [0.15, 0.2) is 11.6 Å². The van der Waals surface area contributed by atoms with E-state index in [-0.39, 0.29) is 36.3 Å². The minimum Gasteiger partial charge on any atom is -0.497 e. The molecule has 2 aliphatic carbocycles. The first kappa shape index (κ1) is 30.7. The zero-order chi connectivity index (χ0) is 30.6. The molecule has 0 bridgehead atoms. The maximum absolute atomic E-state index is 13.8. The van der Waals surface area contributed by atoms with E-state index in [0.717, 1.165) is 47.9 Å². The van der Waals surface area contributed by atoms with E-state index < -0.39 is 17.6 Å². The van der Waals surface area contributed by atoms with Crippen LogP contribution in [-0.4, -0.2) is 55.3 Å². The van der Waals surface area contributed by atoms with Gasteiger partial charge in [-0.2, -0.15) is 0 Å². The predicted molar refractivity (Wildman–Crippen MR) is 163 cm³/mol. The van der Waals surface area contributed by atoms with Gasteiger partial charge < -0.3 is 20.1 Å².